The Morgan fingerprint density at radius 3 is 2.00 bits per heavy atom. The molecule has 0 amide bonds. The molecular weight excluding hydrogens is 137 g/mol. The van der Waals surface area contributed by atoms with Gasteiger partial charge in [-0.15, -0.1) is 0 Å². The van der Waals surface area contributed by atoms with Crippen LogP contribution in [-0.4, -0.2) is 11.7 Å². The fourth-order valence-corrected chi connectivity index (χ4v) is 0.194. The maximum atomic E-state index is 11.4. The number of rotatable bonds is 2. The molecule has 1 atom stereocenters. The summed E-state index contributed by atoms with van der Waals surface area (Å²) in [6.45, 7) is 1.08. The van der Waals surface area contributed by atoms with Crippen LogP contribution in [0.3, 0.4) is 0 Å². The molecule has 8 heavy (non-hydrogen) atoms. The van der Waals surface area contributed by atoms with Crippen LogP contribution in [0.25, 0.3) is 0 Å². The van der Waals surface area contributed by atoms with Crippen LogP contribution in [0.5, 0.6) is 0 Å². The third-order valence-electron chi connectivity index (χ3n) is 0.736. The second-order valence-electron chi connectivity index (χ2n) is 1.43. The van der Waals surface area contributed by atoms with E-state index in [1.165, 1.54) is 0 Å². The molecule has 0 aromatic heterocycles. The molecule has 0 aliphatic rings. The molecule has 0 aromatic carbocycles. The van der Waals surface area contributed by atoms with E-state index in [-0.39, 0.29) is 0 Å². The van der Waals surface area contributed by atoms with Crippen LogP contribution in [-0.2, 0) is 4.79 Å². The topological polar surface area (TPSA) is 17.1 Å². The summed E-state index contributed by atoms with van der Waals surface area (Å²) in [4.78, 5) is 9.87. The van der Waals surface area contributed by atoms with Gasteiger partial charge in [0.15, 0.2) is 0 Å². The van der Waals surface area contributed by atoms with Crippen molar-refractivity contribution >= 4 is 16.8 Å². The molecule has 0 spiro atoms. The number of carbonyl (C=O) groups excluding carboxylic acids is 1. The van der Waals surface area contributed by atoms with Gasteiger partial charge in [0.1, 0.15) is 0 Å². The van der Waals surface area contributed by atoms with Crippen molar-refractivity contribution in [2.45, 2.75) is 13.3 Å². The van der Waals surface area contributed by atoms with E-state index in [2.05, 4.69) is 0 Å². The van der Waals surface area contributed by atoms with Crippen molar-refractivity contribution in [3.8, 4) is 0 Å². The molecule has 0 aromatic rings. The van der Waals surface area contributed by atoms with Crippen molar-refractivity contribution in [3.05, 3.63) is 0 Å². The molecule has 0 bridgehead atoms. The molecule has 0 aliphatic heterocycles. The number of alkyl halides is 2. The summed E-state index contributed by atoms with van der Waals surface area (Å²) in [6.07, 6.45) is -2.64. The predicted octanol–water partition coefficient (Wildman–Crippen LogP) is 1.65. The molecule has 0 aliphatic carbocycles. The van der Waals surface area contributed by atoms with Gasteiger partial charge >= 0.3 is 0 Å². The predicted molar refractivity (Wildman–Crippen MR) is 26.0 cm³/mol. The Hall–Kier alpha value is -0.180. The minimum Gasteiger partial charge on any atom is -0.281 e. The van der Waals surface area contributed by atoms with Gasteiger partial charge in [-0.25, -0.2) is 8.78 Å². The zero-order valence-corrected chi connectivity index (χ0v) is 4.95. The van der Waals surface area contributed by atoms with Gasteiger partial charge in [-0.3, -0.25) is 4.79 Å². The Morgan fingerprint density at radius 2 is 2.00 bits per heavy atom. The lowest BCUT2D eigenvalue weighted by molar-refractivity contribution is -0.118. The van der Waals surface area contributed by atoms with Crippen molar-refractivity contribution < 1.29 is 13.6 Å². The zero-order valence-electron chi connectivity index (χ0n) is 4.20. The van der Waals surface area contributed by atoms with Crippen LogP contribution < -0.4 is 0 Å². The molecule has 0 saturated heterocycles. The van der Waals surface area contributed by atoms with E-state index in [4.69, 9.17) is 11.6 Å². The van der Waals surface area contributed by atoms with Gasteiger partial charge in [0, 0.05) is 0 Å². The van der Waals surface area contributed by atoms with E-state index in [1.807, 2.05) is 0 Å². The van der Waals surface area contributed by atoms with Crippen LogP contribution in [0.15, 0.2) is 0 Å². The lowest BCUT2D eigenvalue weighted by Crippen LogP contribution is -2.13. The number of hydrogen-bond donors (Lipinski definition) is 0. The minimum atomic E-state index is -2.64. The van der Waals surface area contributed by atoms with Crippen molar-refractivity contribution in [1.82, 2.24) is 0 Å². The molecule has 0 N–H and O–H groups in total. The van der Waals surface area contributed by atoms with Crippen LogP contribution in [0.4, 0.5) is 8.78 Å². The minimum absolute atomic E-state index is 0.986. The van der Waals surface area contributed by atoms with Crippen LogP contribution in [0.2, 0.25) is 0 Å². The maximum Gasteiger partial charge on any atom is 0.249 e. The highest BCUT2D eigenvalue weighted by molar-refractivity contribution is 6.63. The largest absolute Gasteiger partial charge is 0.281 e. The first-order chi connectivity index (χ1) is 3.55. The Labute approximate surface area is 50.6 Å². The number of carbonyl (C=O) groups is 1. The highest BCUT2D eigenvalue weighted by Gasteiger charge is 2.20. The van der Waals surface area contributed by atoms with Gasteiger partial charge in [0.05, 0.1) is 5.92 Å². The highest BCUT2D eigenvalue weighted by atomic mass is 35.5. The van der Waals surface area contributed by atoms with E-state index in [0.717, 1.165) is 6.92 Å². The maximum absolute atomic E-state index is 11.4. The van der Waals surface area contributed by atoms with Crippen molar-refractivity contribution in [2.75, 3.05) is 0 Å². The third-order valence-corrected chi connectivity index (χ3v) is 1.08. The fourth-order valence-electron chi connectivity index (χ4n) is 0.0991. The standard InChI is InChI=1S/C4H5ClF2O/c1-2(3(5)8)4(6)7/h2,4H,1H3. The summed E-state index contributed by atoms with van der Waals surface area (Å²) in [5, 5.41) is -0.986. The normalized spacial score (nSPS) is 14.1. The van der Waals surface area contributed by atoms with Crippen LogP contribution >= 0.6 is 11.6 Å². The molecule has 0 rings (SSSR count). The molecule has 48 valence electrons. The number of halogens is 3. The molecule has 0 fully saturated rings. The lowest BCUT2D eigenvalue weighted by atomic mass is 10.2. The first kappa shape index (κ1) is 7.82. The van der Waals surface area contributed by atoms with Gasteiger partial charge < -0.3 is 0 Å². The van der Waals surface area contributed by atoms with Gasteiger partial charge in [-0.05, 0) is 18.5 Å². The van der Waals surface area contributed by atoms with E-state index in [1.54, 1.807) is 0 Å². The van der Waals surface area contributed by atoms with E-state index >= 15 is 0 Å². The monoisotopic (exact) mass is 142 g/mol. The third kappa shape index (κ3) is 2.21. The number of hydrogen-bond acceptors (Lipinski definition) is 1. The average molecular weight is 143 g/mol. The summed E-state index contributed by atoms with van der Waals surface area (Å²) >= 11 is 4.70. The van der Waals surface area contributed by atoms with E-state index < -0.39 is 17.6 Å². The SMILES string of the molecule is CC(C(=O)Cl)C(F)F. The Bertz CT molecular complexity index is 94.0. The Morgan fingerprint density at radius 1 is 1.62 bits per heavy atom. The molecule has 1 unspecified atom stereocenters. The van der Waals surface area contributed by atoms with Crippen molar-refractivity contribution in [2.24, 2.45) is 5.92 Å². The highest BCUT2D eigenvalue weighted by Crippen LogP contribution is 2.10. The molecule has 4 heteroatoms. The van der Waals surface area contributed by atoms with Crippen LogP contribution in [0, 0.1) is 5.92 Å². The average Bonchev–Trinajstić information content (AvgIpc) is 1.64. The Kier molecular flexibility index (Phi) is 2.90. The van der Waals surface area contributed by atoms with Crippen molar-refractivity contribution in [3.63, 3.8) is 0 Å². The summed E-state index contributed by atoms with van der Waals surface area (Å²) in [7, 11) is 0. The molecule has 0 radical (unpaired) electrons. The van der Waals surface area contributed by atoms with Gasteiger partial charge in [0.2, 0.25) is 11.7 Å². The summed E-state index contributed by atoms with van der Waals surface area (Å²) in [6, 6.07) is 0. The van der Waals surface area contributed by atoms with E-state index in [0.29, 0.717) is 0 Å². The summed E-state index contributed by atoms with van der Waals surface area (Å²) in [5.74, 6) is -1.34. The second kappa shape index (κ2) is 2.97. The lowest BCUT2D eigenvalue weighted by Gasteiger charge is -2.00. The second-order valence-corrected chi connectivity index (χ2v) is 1.80. The van der Waals surface area contributed by atoms with Crippen LogP contribution in [0.1, 0.15) is 6.92 Å². The molecular formula is C4H5ClF2O. The smallest absolute Gasteiger partial charge is 0.249 e. The first-order valence-electron chi connectivity index (χ1n) is 2.03. The summed E-state index contributed by atoms with van der Waals surface area (Å²) < 4.78 is 22.7. The Balaban J connectivity index is 3.64. The molecule has 0 heterocycles. The molecule has 0 saturated carbocycles. The van der Waals surface area contributed by atoms with E-state index in [9.17, 15) is 13.6 Å². The fraction of sp³-hybridized carbons (Fsp3) is 0.750. The first-order valence-corrected chi connectivity index (χ1v) is 2.41. The zero-order chi connectivity index (χ0) is 6.73. The van der Waals surface area contributed by atoms with Gasteiger partial charge in [0.25, 0.3) is 0 Å². The van der Waals surface area contributed by atoms with Gasteiger partial charge in [-0.2, -0.15) is 0 Å². The molecule has 1 nitrogen and oxygen atoms in total. The van der Waals surface area contributed by atoms with Crippen molar-refractivity contribution in [1.29, 1.82) is 0 Å². The summed E-state index contributed by atoms with van der Waals surface area (Å²) in [5.41, 5.74) is 0. The van der Waals surface area contributed by atoms with Gasteiger partial charge in [-0.1, -0.05) is 0 Å². The quantitative estimate of drug-likeness (QED) is 0.536.